The van der Waals surface area contributed by atoms with Gasteiger partial charge in [-0.2, -0.15) is 0 Å². The van der Waals surface area contributed by atoms with Crippen LogP contribution in [-0.2, 0) is 12.8 Å². The van der Waals surface area contributed by atoms with Crippen molar-refractivity contribution in [2.24, 2.45) is 11.7 Å². The average Bonchev–Trinajstić information content (AvgIpc) is 2.38. The molecule has 0 aliphatic carbocycles. The lowest BCUT2D eigenvalue weighted by Gasteiger charge is -2.15. The second-order valence-corrected chi connectivity index (χ2v) is 5.17. The van der Waals surface area contributed by atoms with E-state index in [0.29, 0.717) is 18.2 Å². The quantitative estimate of drug-likeness (QED) is 0.862. The average molecular weight is 255 g/mol. The fraction of sp³-hybridized carbons (Fsp3) is 0.294. The lowest BCUT2D eigenvalue weighted by molar-refractivity contribution is 0.472. The Labute approximate surface area is 114 Å². The molecule has 2 heteroatoms. The Morgan fingerprint density at radius 3 is 2.21 bits per heavy atom. The van der Waals surface area contributed by atoms with Crippen molar-refractivity contribution in [2.75, 3.05) is 6.54 Å². The summed E-state index contributed by atoms with van der Waals surface area (Å²) in [6.07, 6.45) is 1.88. The second-order valence-electron chi connectivity index (χ2n) is 5.17. The Bertz CT molecular complexity index is 489. The summed E-state index contributed by atoms with van der Waals surface area (Å²) in [7, 11) is 0. The molecule has 100 valence electrons. The Morgan fingerprint density at radius 1 is 1.00 bits per heavy atom. The topological polar surface area (TPSA) is 46.2 Å². The number of benzene rings is 2. The van der Waals surface area contributed by atoms with Crippen molar-refractivity contribution in [2.45, 2.75) is 19.8 Å². The summed E-state index contributed by atoms with van der Waals surface area (Å²) in [5.41, 5.74) is 9.64. The van der Waals surface area contributed by atoms with Crippen LogP contribution in [0, 0.1) is 12.8 Å². The molecule has 0 aliphatic heterocycles. The highest BCUT2D eigenvalue weighted by Crippen LogP contribution is 2.18. The van der Waals surface area contributed by atoms with E-state index < -0.39 is 0 Å². The maximum atomic E-state index is 9.49. The van der Waals surface area contributed by atoms with Crippen LogP contribution in [0.4, 0.5) is 0 Å². The molecule has 2 rings (SSSR count). The van der Waals surface area contributed by atoms with Crippen LogP contribution in [0.25, 0.3) is 0 Å². The fourth-order valence-corrected chi connectivity index (χ4v) is 2.43. The molecular weight excluding hydrogens is 234 g/mol. The number of phenolic OH excluding ortho intramolecular Hbond substituents is 1. The molecule has 0 amide bonds. The predicted octanol–water partition coefficient (Wildman–Crippen LogP) is 3.06. The zero-order valence-corrected chi connectivity index (χ0v) is 11.3. The summed E-state index contributed by atoms with van der Waals surface area (Å²) >= 11 is 0. The van der Waals surface area contributed by atoms with Crippen LogP contribution in [0.5, 0.6) is 5.75 Å². The van der Waals surface area contributed by atoms with Gasteiger partial charge in [-0.3, -0.25) is 0 Å². The first-order chi connectivity index (χ1) is 9.17. The van der Waals surface area contributed by atoms with Crippen molar-refractivity contribution in [3.05, 3.63) is 65.2 Å². The molecular formula is C17H21NO. The minimum atomic E-state index is 0.323. The van der Waals surface area contributed by atoms with Gasteiger partial charge in [0.1, 0.15) is 5.75 Å². The van der Waals surface area contributed by atoms with Crippen LogP contribution in [0.3, 0.4) is 0 Å². The Hall–Kier alpha value is -1.80. The van der Waals surface area contributed by atoms with Crippen LogP contribution in [-0.4, -0.2) is 11.7 Å². The molecule has 2 aromatic carbocycles. The maximum absolute atomic E-state index is 9.49. The largest absolute Gasteiger partial charge is 0.508 e. The molecule has 0 bridgehead atoms. The SMILES string of the molecule is Cc1cccc(CC(CN)Cc2cccc(O)c2)c1. The van der Waals surface area contributed by atoms with Crippen molar-refractivity contribution < 1.29 is 5.11 Å². The highest BCUT2D eigenvalue weighted by Gasteiger charge is 2.09. The van der Waals surface area contributed by atoms with E-state index in [-0.39, 0.29) is 0 Å². The molecule has 0 aromatic heterocycles. The van der Waals surface area contributed by atoms with E-state index in [1.165, 1.54) is 11.1 Å². The van der Waals surface area contributed by atoms with Crippen LogP contribution in [0.15, 0.2) is 48.5 Å². The van der Waals surface area contributed by atoms with Crippen molar-refractivity contribution in [3.63, 3.8) is 0 Å². The fourth-order valence-electron chi connectivity index (χ4n) is 2.43. The molecule has 3 N–H and O–H groups in total. The van der Waals surface area contributed by atoms with Gasteiger partial charge < -0.3 is 10.8 Å². The zero-order valence-electron chi connectivity index (χ0n) is 11.3. The van der Waals surface area contributed by atoms with E-state index in [4.69, 9.17) is 5.73 Å². The summed E-state index contributed by atoms with van der Waals surface area (Å²) in [6, 6.07) is 16.0. The maximum Gasteiger partial charge on any atom is 0.115 e. The lowest BCUT2D eigenvalue weighted by Crippen LogP contribution is -2.19. The second kappa shape index (κ2) is 6.39. The van der Waals surface area contributed by atoms with Gasteiger partial charge in [-0.05, 0) is 55.5 Å². The molecule has 19 heavy (non-hydrogen) atoms. The van der Waals surface area contributed by atoms with Crippen molar-refractivity contribution in [1.82, 2.24) is 0 Å². The number of hydrogen-bond donors (Lipinski definition) is 2. The molecule has 1 unspecified atom stereocenters. The van der Waals surface area contributed by atoms with Gasteiger partial charge in [0.15, 0.2) is 0 Å². The van der Waals surface area contributed by atoms with Gasteiger partial charge >= 0.3 is 0 Å². The molecule has 2 nitrogen and oxygen atoms in total. The van der Waals surface area contributed by atoms with E-state index in [1.54, 1.807) is 6.07 Å². The van der Waals surface area contributed by atoms with Gasteiger partial charge in [0, 0.05) is 0 Å². The number of phenols is 1. The molecule has 0 fully saturated rings. The van der Waals surface area contributed by atoms with E-state index in [0.717, 1.165) is 18.4 Å². The van der Waals surface area contributed by atoms with E-state index >= 15 is 0 Å². The number of hydrogen-bond acceptors (Lipinski definition) is 2. The van der Waals surface area contributed by atoms with Crippen molar-refractivity contribution in [3.8, 4) is 5.75 Å². The predicted molar refractivity (Wildman–Crippen MR) is 79.2 cm³/mol. The molecule has 0 heterocycles. The van der Waals surface area contributed by atoms with Crippen LogP contribution in [0.2, 0.25) is 0 Å². The van der Waals surface area contributed by atoms with E-state index in [1.807, 2.05) is 18.2 Å². The minimum absolute atomic E-state index is 0.323. The first kappa shape index (κ1) is 13.6. The number of aromatic hydroxyl groups is 1. The van der Waals surface area contributed by atoms with Crippen LogP contribution in [0.1, 0.15) is 16.7 Å². The molecule has 1 atom stereocenters. The van der Waals surface area contributed by atoms with Gasteiger partial charge in [-0.1, -0.05) is 42.0 Å². The van der Waals surface area contributed by atoms with E-state index in [9.17, 15) is 5.11 Å². The van der Waals surface area contributed by atoms with Crippen LogP contribution < -0.4 is 5.73 Å². The number of nitrogens with two attached hydrogens (primary N) is 1. The monoisotopic (exact) mass is 255 g/mol. The first-order valence-electron chi connectivity index (χ1n) is 6.71. The normalized spacial score (nSPS) is 12.3. The highest BCUT2D eigenvalue weighted by atomic mass is 16.3. The third-order valence-electron chi connectivity index (χ3n) is 3.38. The minimum Gasteiger partial charge on any atom is -0.508 e. The zero-order chi connectivity index (χ0) is 13.7. The number of aryl methyl sites for hydroxylation is 1. The van der Waals surface area contributed by atoms with Crippen LogP contribution >= 0.6 is 0 Å². The third-order valence-corrected chi connectivity index (χ3v) is 3.38. The first-order valence-corrected chi connectivity index (χ1v) is 6.71. The highest BCUT2D eigenvalue weighted by molar-refractivity contribution is 5.28. The van der Waals surface area contributed by atoms with Crippen molar-refractivity contribution in [1.29, 1.82) is 0 Å². The van der Waals surface area contributed by atoms with Crippen molar-refractivity contribution >= 4 is 0 Å². The van der Waals surface area contributed by atoms with Gasteiger partial charge in [0.05, 0.1) is 0 Å². The molecule has 2 aromatic rings. The van der Waals surface area contributed by atoms with Gasteiger partial charge in [0.2, 0.25) is 0 Å². The smallest absolute Gasteiger partial charge is 0.115 e. The summed E-state index contributed by atoms with van der Waals surface area (Å²) in [6.45, 7) is 2.76. The molecule has 0 aliphatic rings. The molecule has 0 saturated carbocycles. The third kappa shape index (κ3) is 4.11. The standard InChI is InChI=1S/C17H21NO/c1-13-4-2-5-14(8-13)9-16(12-18)10-15-6-3-7-17(19)11-15/h2-8,11,16,19H,9-10,12,18H2,1H3. The van der Waals surface area contributed by atoms with Gasteiger partial charge in [-0.25, -0.2) is 0 Å². The van der Waals surface area contributed by atoms with Gasteiger partial charge in [-0.15, -0.1) is 0 Å². The lowest BCUT2D eigenvalue weighted by atomic mass is 9.92. The number of rotatable bonds is 5. The Balaban J connectivity index is 2.04. The molecule has 0 radical (unpaired) electrons. The molecule has 0 spiro atoms. The Morgan fingerprint density at radius 2 is 1.63 bits per heavy atom. The van der Waals surface area contributed by atoms with Gasteiger partial charge in [0.25, 0.3) is 0 Å². The Kier molecular flexibility index (Phi) is 4.58. The summed E-state index contributed by atoms with van der Waals surface area (Å²) in [5.74, 6) is 0.729. The summed E-state index contributed by atoms with van der Waals surface area (Å²) < 4.78 is 0. The summed E-state index contributed by atoms with van der Waals surface area (Å²) in [4.78, 5) is 0. The molecule has 0 saturated heterocycles. The summed E-state index contributed by atoms with van der Waals surface area (Å²) in [5, 5.41) is 9.49. The van der Waals surface area contributed by atoms with E-state index in [2.05, 4.69) is 31.2 Å².